The summed E-state index contributed by atoms with van der Waals surface area (Å²) in [5.74, 6) is 0.113. The van der Waals surface area contributed by atoms with Gasteiger partial charge in [-0.3, -0.25) is 4.79 Å². The van der Waals surface area contributed by atoms with E-state index >= 15 is 0 Å². The van der Waals surface area contributed by atoms with Crippen molar-refractivity contribution in [1.29, 1.82) is 0 Å². The topological polar surface area (TPSA) is 89.5 Å². The summed E-state index contributed by atoms with van der Waals surface area (Å²) in [5.41, 5.74) is 0.972. The molecule has 178 valence electrons. The number of ether oxygens (including phenoxy) is 2. The van der Waals surface area contributed by atoms with E-state index in [-0.39, 0.29) is 18.3 Å². The van der Waals surface area contributed by atoms with Gasteiger partial charge in [-0.1, -0.05) is 36.4 Å². The lowest BCUT2D eigenvalue weighted by molar-refractivity contribution is -0.123. The monoisotopic (exact) mass is 465 g/mol. The van der Waals surface area contributed by atoms with Crippen molar-refractivity contribution in [2.45, 2.75) is 45.4 Å². The fourth-order valence-corrected chi connectivity index (χ4v) is 3.02. The summed E-state index contributed by atoms with van der Waals surface area (Å²) in [6.45, 7) is 5.49. The summed E-state index contributed by atoms with van der Waals surface area (Å²) in [6.07, 6.45) is 1.23. The lowest BCUT2D eigenvalue weighted by Gasteiger charge is -2.23. The summed E-state index contributed by atoms with van der Waals surface area (Å²) < 4.78 is 23.9. The lowest BCUT2D eigenvalue weighted by Crippen LogP contribution is -2.49. The Balaban J connectivity index is 1.60. The van der Waals surface area contributed by atoms with Crippen LogP contribution in [-0.2, 0) is 22.5 Å². The highest BCUT2D eigenvalue weighted by Gasteiger charge is 2.24. The van der Waals surface area contributed by atoms with E-state index in [1.807, 2.05) is 30.3 Å². The minimum absolute atomic E-state index is 0.212. The fourth-order valence-electron chi connectivity index (χ4n) is 3.02. The van der Waals surface area contributed by atoms with E-state index in [2.05, 4.69) is 15.6 Å². The molecule has 2 N–H and O–H groups in total. The molecule has 1 aromatic heterocycles. The Bertz CT molecular complexity index is 1080. The van der Waals surface area contributed by atoms with Crippen molar-refractivity contribution in [3.05, 3.63) is 89.9 Å². The Morgan fingerprint density at radius 2 is 1.68 bits per heavy atom. The van der Waals surface area contributed by atoms with Gasteiger partial charge in [0, 0.05) is 25.2 Å². The van der Waals surface area contributed by atoms with Gasteiger partial charge in [-0.25, -0.2) is 14.2 Å². The molecule has 2 aromatic carbocycles. The molecule has 0 saturated heterocycles. The number of hydrogen-bond acceptors (Lipinski definition) is 5. The van der Waals surface area contributed by atoms with Gasteiger partial charge in [0.15, 0.2) is 0 Å². The largest absolute Gasteiger partial charge is 0.444 e. The number of benzene rings is 2. The van der Waals surface area contributed by atoms with Crippen LogP contribution in [0.25, 0.3) is 0 Å². The van der Waals surface area contributed by atoms with Crippen molar-refractivity contribution < 1.29 is 23.5 Å². The molecule has 0 fully saturated rings. The number of halogens is 1. The van der Waals surface area contributed by atoms with Gasteiger partial charge >= 0.3 is 6.09 Å². The predicted octanol–water partition coefficient (Wildman–Crippen LogP) is 4.77. The number of amides is 2. The highest BCUT2D eigenvalue weighted by molar-refractivity contribution is 5.86. The van der Waals surface area contributed by atoms with Crippen molar-refractivity contribution in [3.8, 4) is 11.6 Å². The summed E-state index contributed by atoms with van der Waals surface area (Å²) >= 11 is 0. The second kappa shape index (κ2) is 11.3. The van der Waals surface area contributed by atoms with Crippen molar-refractivity contribution in [1.82, 2.24) is 15.6 Å². The predicted molar refractivity (Wildman–Crippen MR) is 126 cm³/mol. The number of hydrogen-bond donors (Lipinski definition) is 2. The first-order chi connectivity index (χ1) is 16.2. The third kappa shape index (κ3) is 8.20. The van der Waals surface area contributed by atoms with Gasteiger partial charge < -0.3 is 20.1 Å². The molecule has 8 heteroatoms. The molecule has 0 radical (unpaired) electrons. The van der Waals surface area contributed by atoms with Gasteiger partial charge in [0.25, 0.3) is 0 Å². The van der Waals surface area contributed by atoms with Crippen LogP contribution in [-0.4, -0.2) is 28.6 Å². The van der Waals surface area contributed by atoms with Crippen molar-refractivity contribution in [3.63, 3.8) is 0 Å². The highest BCUT2D eigenvalue weighted by atomic mass is 19.1. The number of pyridine rings is 1. The maximum atomic E-state index is 13.0. The number of rotatable bonds is 8. The Hall–Kier alpha value is -3.94. The zero-order valence-corrected chi connectivity index (χ0v) is 19.4. The van der Waals surface area contributed by atoms with Crippen LogP contribution >= 0.6 is 0 Å². The SMILES string of the molecule is CC(C)(C)OC(=O)NC(Cc1ccccc1)C(=O)NCc1ccc(Oc2ccc(F)cc2)nc1. The molecule has 0 spiro atoms. The molecule has 0 bridgehead atoms. The van der Waals surface area contributed by atoms with E-state index in [9.17, 15) is 14.0 Å². The molecule has 2 amide bonds. The normalized spacial score (nSPS) is 11.9. The first-order valence-corrected chi connectivity index (χ1v) is 10.9. The van der Waals surface area contributed by atoms with Gasteiger partial charge in [-0.05, 0) is 56.2 Å². The number of carbonyl (C=O) groups is 2. The molecule has 0 saturated carbocycles. The number of nitrogens with one attached hydrogen (secondary N) is 2. The molecular formula is C26H28FN3O4. The Labute approximate surface area is 198 Å². The van der Waals surface area contributed by atoms with Crippen LogP contribution in [0.1, 0.15) is 31.9 Å². The van der Waals surface area contributed by atoms with E-state index in [4.69, 9.17) is 9.47 Å². The van der Waals surface area contributed by atoms with Gasteiger partial charge in [-0.2, -0.15) is 0 Å². The first-order valence-electron chi connectivity index (χ1n) is 10.9. The fraction of sp³-hybridized carbons (Fsp3) is 0.269. The van der Waals surface area contributed by atoms with Crippen LogP contribution < -0.4 is 15.4 Å². The zero-order chi connectivity index (χ0) is 24.6. The van der Waals surface area contributed by atoms with Gasteiger partial charge in [0.2, 0.25) is 11.8 Å². The van der Waals surface area contributed by atoms with Gasteiger partial charge in [0.05, 0.1) is 0 Å². The second-order valence-electron chi connectivity index (χ2n) is 8.67. The van der Waals surface area contributed by atoms with Crippen molar-refractivity contribution >= 4 is 12.0 Å². The van der Waals surface area contributed by atoms with Crippen LogP contribution in [0.2, 0.25) is 0 Å². The number of carbonyl (C=O) groups excluding carboxylic acids is 2. The summed E-state index contributed by atoms with van der Waals surface area (Å²) in [6, 6.07) is 17.6. The molecular weight excluding hydrogens is 437 g/mol. The minimum Gasteiger partial charge on any atom is -0.444 e. The lowest BCUT2D eigenvalue weighted by atomic mass is 10.1. The standard InChI is InChI=1S/C26H28FN3O4/c1-26(2,3)34-25(32)30-22(15-18-7-5-4-6-8-18)24(31)29-17-19-9-14-23(28-16-19)33-21-12-10-20(27)11-13-21/h4-14,16,22H,15,17H2,1-3H3,(H,29,31)(H,30,32). The van der Waals surface area contributed by atoms with Crippen LogP contribution in [0.3, 0.4) is 0 Å². The molecule has 0 aliphatic heterocycles. The van der Waals surface area contributed by atoms with Crippen LogP contribution in [0.4, 0.5) is 9.18 Å². The average Bonchev–Trinajstić information content (AvgIpc) is 2.79. The smallest absolute Gasteiger partial charge is 0.408 e. The number of aromatic nitrogens is 1. The average molecular weight is 466 g/mol. The summed E-state index contributed by atoms with van der Waals surface area (Å²) in [4.78, 5) is 29.4. The minimum atomic E-state index is -0.814. The Morgan fingerprint density at radius 1 is 0.971 bits per heavy atom. The third-order valence-electron chi connectivity index (χ3n) is 4.59. The molecule has 0 aliphatic rings. The number of alkyl carbamates (subject to hydrolysis) is 1. The first kappa shape index (κ1) is 24.7. The van der Waals surface area contributed by atoms with Crippen molar-refractivity contribution in [2.24, 2.45) is 0 Å². The van der Waals surface area contributed by atoms with E-state index in [0.29, 0.717) is 18.1 Å². The van der Waals surface area contributed by atoms with Crippen LogP contribution in [0, 0.1) is 5.82 Å². The van der Waals surface area contributed by atoms with E-state index < -0.39 is 17.7 Å². The third-order valence-corrected chi connectivity index (χ3v) is 4.59. The Kier molecular flexibility index (Phi) is 8.19. The maximum Gasteiger partial charge on any atom is 0.408 e. The van der Waals surface area contributed by atoms with E-state index in [1.165, 1.54) is 24.3 Å². The zero-order valence-electron chi connectivity index (χ0n) is 19.4. The molecule has 0 aliphatic carbocycles. The van der Waals surface area contributed by atoms with Crippen molar-refractivity contribution in [2.75, 3.05) is 0 Å². The van der Waals surface area contributed by atoms with Crippen LogP contribution in [0.15, 0.2) is 72.9 Å². The Morgan fingerprint density at radius 3 is 2.29 bits per heavy atom. The quantitative estimate of drug-likeness (QED) is 0.500. The molecule has 7 nitrogen and oxygen atoms in total. The molecule has 3 rings (SSSR count). The number of nitrogens with zero attached hydrogens (tertiary/aromatic N) is 1. The molecule has 1 unspecified atom stereocenters. The van der Waals surface area contributed by atoms with E-state index in [1.54, 1.807) is 39.1 Å². The molecule has 1 heterocycles. The highest BCUT2D eigenvalue weighted by Crippen LogP contribution is 2.19. The maximum absolute atomic E-state index is 13.0. The summed E-state index contributed by atoms with van der Waals surface area (Å²) in [7, 11) is 0. The van der Waals surface area contributed by atoms with E-state index in [0.717, 1.165) is 11.1 Å². The van der Waals surface area contributed by atoms with Gasteiger partial charge in [0.1, 0.15) is 23.2 Å². The molecule has 34 heavy (non-hydrogen) atoms. The summed E-state index contributed by atoms with van der Waals surface area (Å²) in [5, 5.41) is 5.49. The van der Waals surface area contributed by atoms with Gasteiger partial charge in [-0.15, -0.1) is 0 Å². The molecule has 3 aromatic rings. The molecule has 1 atom stereocenters. The van der Waals surface area contributed by atoms with Crippen LogP contribution in [0.5, 0.6) is 11.6 Å². The second-order valence-corrected chi connectivity index (χ2v) is 8.67.